The van der Waals surface area contributed by atoms with Gasteiger partial charge in [-0.05, 0) is 17.7 Å². The van der Waals surface area contributed by atoms with E-state index >= 15 is 0 Å². The first-order valence-corrected chi connectivity index (χ1v) is 8.27. The molecule has 18 heavy (non-hydrogen) atoms. The smallest absolute Gasteiger partial charge is 0.152 e. The van der Waals surface area contributed by atoms with Crippen molar-refractivity contribution >= 4 is 25.8 Å². The van der Waals surface area contributed by atoms with Crippen LogP contribution in [-0.2, 0) is 14.6 Å². The van der Waals surface area contributed by atoms with Crippen LogP contribution in [-0.4, -0.2) is 39.2 Å². The van der Waals surface area contributed by atoms with Crippen molar-refractivity contribution in [2.45, 2.75) is 16.7 Å². The lowest BCUT2D eigenvalue weighted by molar-refractivity contribution is 0.171. The Morgan fingerprint density at radius 1 is 1.39 bits per heavy atom. The Morgan fingerprint density at radius 2 is 1.94 bits per heavy atom. The fourth-order valence-electron chi connectivity index (χ4n) is 2.65. The third-order valence-electron chi connectivity index (χ3n) is 3.39. The highest BCUT2D eigenvalue weighted by molar-refractivity contribution is 9.10. The molecule has 3 atom stereocenters. The first-order valence-electron chi connectivity index (χ1n) is 5.53. The molecule has 0 unspecified atom stereocenters. The third-order valence-corrected chi connectivity index (χ3v) is 5.55. The summed E-state index contributed by atoms with van der Waals surface area (Å²) < 4.78 is 29.6. The van der Waals surface area contributed by atoms with Gasteiger partial charge in [-0.1, -0.05) is 28.1 Å². The molecule has 1 fully saturated rings. The zero-order valence-corrected chi connectivity index (χ0v) is 12.7. The van der Waals surface area contributed by atoms with Crippen LogP contribution >= 0.6 is 15.9 Å². The Kier molecular flexibility index (Phi) is 3.57. The van der Waals surface area contributed by atoms with Crippen LogP contribution in [0.3, 0.4) is 0 Å². The molecule has 0 amide bonds. The first-order chi connectivity index (χ1) is 8.30. The molecule has 0 spiro atoms. The van der Waals surface area contributed by atoms with Crippen molar-refractivity contribution in [1.82, 2.24) is 0 Å². The molecule has 0 aromatic heterocycles. The standard InChI is InChI=1S/C12H16BrNO3S/c1-17-7-12(14)10(11(12)18(2,15)16)8-3-5-9(13)6-4-8/h3-6,10-11H,7,14H2,1-2H3/t10-,11+,12-/m0/s1. The van der Waals surface area contributed by atoms with E-state index in [-0.39, 0.29) is 12.5 Å². The summed E-state index contributed by atoms with van der Waals surface area (Å²) in [6, 6.07) is 7.58. The van der Waals surface area contributed by atoms with E-state index in [1.165, 1.54) is 13.4 Å². The fourth-order valence-corrected chi connectivity index (χ4v) is 4.75. The summed E-state index contributed by atoms with van der Waals surface area (Å²) in [4.78, 5) is 0. The lowest BCUT2D eigenvalue weighted by Gasteiger charge is -2.10. The van der Waals surface area contributed by atoms with Crippen molar-refractivity contribution in [1.29, 1.82) is 0 Å². The van der Waals surface area contributed by atoms with Crippen LogP contribution in [0.4, 0.5) is 0 Å². The highest BCUT2D eigenvalue weighted by Crippen LogP contribution is 2.54. The maximum Gasteiger partial charge on any atom is 0.152 e. The summed E-state index contributed by atoms with van der Waals surface area (Å²) in [5.74, 6) is -0.194. The molecule has 2 rings (SSSR count). The van der Waals surface area contributed by atoms with Crippen LogP contribution in [0.15, 0.2) is 28.7 Å². The molecule has 2 N–H and O–H groups in total. The minimum absolute atomic E-state index is 0.194. The number of benzene rings is 1. The number of nitrogens with two attached hydrogens (primary N) is 1. The van der Waals surface area contributed by atoms with Gasteiger partial charge in [0.1, 0.15) is 0 Å². The van der Waals surface area contributed by atoms with E-state index in [1.54, 1.807) is 0 Å². The topological polar surface area (TPSA) is 69.4 Å². The molecule has 4 nitrogen and oxygen atoms in total. The largest absolute Gasteiger partial charge is 0.383 e. The fraction of sp³-hybridized carbons (Fsp3) is 0.500. The molecule has 1 aliphatic carbocycles. The van der Waals surface area contributed by atoms with E-state index < -0.39 is 20.6 Å². The Labute approximate surface area is 116 Å². The minimum atomic E-state index is -3.18. The van der Waals surface area contributed by atoms with Gasteiger partial charge in [0.15, 0.2) is 9.84 Å². The summed E-state index contributed by atoms with van der Waals surface area (Å²) in [5.41, 5.74) is 6.31. The molecule has 100 valence electrons. The molecule has 0 aliphatic heterocycles. The minimum Gasteiger partial charge on any atom is -0.383 e. The first kappa shape index (κ1) is 14.0. The summed E-state index contributed by atoms with van der Waals surface area (Å²) in [7, 11) is -1.65. The SMILES string of the molecule is COC[C@@]1(N)[C@H](S(C)(=O)=O)[C@@H]1c1ccc(Br)cc1. The van der Waals surface area contributed by atoms with E-state index in [1.807, 2.05) is 24.3 Å². The van der Waals surface area contributed by atoms with Gasteiger partial charge < -0.3 is 10.5 Å². The predicted octanol–water partition coefficient (Wildman–Crippen LogP) is 1.30. The monoisotopic (exact) mass is 333 g/mol. The van der Waals surface area contributed by atoms with Crippen molar-refractivity contribution in [3.63, 3.8) is 0 Å². The van der Waals surface area contributed by atoms with E-state index in [4.69, 9.17) is 10.5 Å². The van der Waals surface area contributed by atoms with Crippen molar-refractivity contribution in [3.05, 3.63) is 34.3 Å². The molecular formula is C12H16BrNO3S. The Balaban J connectivity index is 2.35. The normalized spacial score (nSPS) is 31.3. The zero-order valence-electron chi connectivity index (χ0n) is 10.3. The number of hydrogen-bond acceptors (Lipinski definition) is 4. The second-order valence-corrected chi connectivity index (χ2v) is 7.91. The lowest BCUT2D eigenvalue weighted by Crippen LogP contribution is -2.35. The number of ether oxygens (including phenoxy) is 1. The van der Waals surface area contributed by atoms with Gasteiger partial charge in [-0.3, -0.25) is 0 Å². The van der Waals surface area contributed by atoms with Gasteiger partial charge in [0, 0.05) is 23.8 Å². The van der Waals surface area contributed by atoms with Crippen molar-refractivity contribution in [3.8, 4) is 0 Å². The number of sulfone groups is 1. The van der Waals surface area contributed by atoms with Gasteiger partial charge in [0.05, 0.1) is 17.4 Å². The van der Waals surface area contributed by atoms with E-state index in [0.717, 1.165) is 10.0 Å². The Hall–Kier alpha value is -0.430. The molecule has 0 bridgehead atoms. The van der Waals surface area contributed by atoms with Gasteiger partial charge in [0.2, 0.25) is 0 Å². The van der Waals surface area contributed by atoms with Crippen LogP contribution < -0.4 is 5.73 Å². The van der Waals surface area contributed by atoms with Gasteiger partial charge in [-0.15, -0.1) is 0 Å². The van der Waals surface area contributed by atoms with Gasteiger partial charge in [0.25, 0.3) is 0 Å². The number of rotatable bonds is 4. The molecular weight excluding hydrogens is 318 g/mol. The van der Waals surface area contributed by atoms with E-state index in [9.17, 15) is 8.42 Å². The average molecular weight is 334 g/mol. The zero-order chi connectivity index (χ0) is 13.6. The molecule has 1 aliphatic rings. The van der Waals surface area contributed by atoms with Gasteiger partial charge in [-0.25, -0.2) is 8.42 Å². The average Bonchev–Trinajstić information content (AvgIpc) is 2.86. The number of methoxy groups -OCH3 is 1. The molecule has 0 heterocycles. The third kappa shape index (κ3) is 2.34. The lowest BCUT2D eigenvalue weighted by atomic mass is 10.1. The van der Waals surface area contributed by atoms with Crippen molar-refractivity contribution in [2.24, 2.45) is 5.73 Å². The predicted molar refractivity (Wildman–Crippen MR) is 74.3 cm³/mol. The molecule has 1 aromatic carbocycles. The van der Waals surface area contributed by atoms with Crippen LogP contribution in [0.2, 0.25) is 0 Å². The highest BCUT2D eigenvalue weighted by Gasteiger charge is 2.67. The summed E-state index contributed by atoms with van der Waals surface area (Å²) >= 11 is 3.35. The van der Waals surface area contributed by atoms with Crippen LogP contribution in [0, 0.1) is 0 Å². The van der Waals surface area contributed by atoms with Crippen LogP contribution in [0.25, 0.3) is 0 Å². The van der Waals surface area contributed by atoms with Crippen LogP contribution in [0.5, 0.6) is 0 Å². The molecule has 1 saturated carbocycles. The van der Waals surface area contributed by atoms with Gasteiger partial charge >= 0.3 is 0 Å². The maximum atomic E-state index is 11.8. The van der Waals surface area contributed by atoms with Crippen LogP contribution in [0.1, 0.15) is 11.5 Å². The van der Waals surface area contributed by atoms with Crippen molar-refractivity contribution in [2.75, 3.05) is 20.0 Å². The molecule has 0 saturated heterocycles. The Bertz CT molecular complexity index is 543. The molecule has 6 heteroatoms. The molecule has 1 aromatic rings. The second-order valence-electron chi connectivity index (χ2n) is 4.82. The number of halogens is 1. The van der Waals surface area contributed by atoms with E-state index in [2.05, 4.69) is 15.9 Å². The Morgan fingerprint density at radius 3 is 2.39 bits per heavy atom. The summed E-state index contributed by atoms with van der Waals surface area (Å²) in [5, 5.41) is -0.564. The van der Waals surface area contributed by atoms with E-state index in [0.29, 0.717) is 0 Å². The second kappa shape index (κ2) is 4.59. The summed E-state index contributed by atoms with van der Waals surface area (Å²) in [6.45, 7) is 0.242. The number of hydrogen-bond donors (Lipinski definition) is 1. The summed E-state index contributed by atoms with van der Waals surface area (Å²) in [6.07, 6.45) is 1.23. The molecule has 0 radical (unpaired) electrons. The maximum absolute atomic E-state index is 11.8. The van der Waals surface area contributed by atoms with Gasteiger partial charge in [-0.2, -0.15) is 0 Å². The quantitative estimate of drug-likeness (QED) is 0.901. The highest BCUT2D eigenvalue weighted by atomic mass is 79.9. The van der Waals surface area contributed by atoms with Crippen molar-refractivity contribution < 1.29 is 13.2 Å².